The van der Waals surface area contributed by atoms with Crippen LogP contribution in [0.15, 0.2) is 77.9 Å². The van der Waals surface area contributed by atoms with Crippen molar-refractivity contribution >= 4 is 23.3 Å². The molecule has 3 heterocycles. The number of rotatable bonds is 7. The summed E-state index contributed by atoms with van der Waals surface area (Å²) in [7, 11) is 0. The molecule has 1 aliphatic heterocycles. The highest BCUT2D eigenvalue weighted by molar-refractivity contribution is 5.85. The van der Waals surface area contributed by atoms with E-state index in [9.17, 15) is 4.79 Å². The molecule has 4 aromatic rings. The summed E-state index contributed by atoms with van der Waals surface area (Å²) in [6.07, 6.45) is 6.20. The second-order valence-corrected chi connectivity index (χ2v) is 8.97. The van der Waals surface area contributed by atoms with Gasteiger partial charge in [-0.2, -0.15) is 5.10 Å². The lowest BCUT2D eigenvalue weighted by Crippen LogP contribution is -2.35. The van der Waals surface area contributed by atoms with Crippen LogP contribution in [0.25, 0.3) is 16.6 Å². The predicted molar refractivity (Wildman–Crippen MR) is 138 cm³/mol. The van der Waals surface area contributed by atoms with Crippen LogP contribution in [-0.2, 0) is 13.2 Å². The first-order chi connectivity index (χ1) is 16.1. The van der Waals surface area contributed by atoms with E-state index in [2.05, 4.69) is 34.6 Å². The van der Waals surface area contributed by atoms with Crippen LogP contribution in [0.1, 0.15) is 32.3 Å². The van der Waals surface area contributed by atoms with Gasteiger partial charge in [-0.3, -0.25) is 18.9 Å². The molecule has 34 heavy (non-hydrogen) atoms. The third-order valence-corrected chi connectivity index (χ3v) is 6.75. The summed E-state index contributed by atoms with van der Waals surface area (Å²) in [5.41, 5.74) is 2.86. The zero-order valence-corrected chi connectivity index (χ0v) is 20.4. The maximum Gasteiger partial charge on any atom is 0.258 e. The molecule has 2 aromatic carbocycles. The van der Waals surface area contributed by atoms with Crippen LogP contribution in [0.3, 0.4) is 0 Å². The van der Waals surface area contributed by atoms with Crippen LogP contribution < -0.4 is 10.3 Å². The number of hydrogen-bond donors (Lipinski definition) is 0. The molecule has 0 amide bonds. The molecule has 2 atom stereocenters. The lowest BCUT2D eigenvalue weighted by Gasteiger charge is -2.25. The molecular weight excluding hydrogens is 448 g/mol. The zero-order chi connectivity index (χ0) is 22.8. The maximum absolute atomic E-state index is 12.8. The average Bonchev–Trinajstić information content (AvgIpc) is 3.38. The number of fused-ring (bicyclic) bond motifs is 1. The summed E-state index contributed by atoms with van der Waals surface area (Å²) in [6.45, 7) is 6.93. The van der Waals surface area contributed by atoms with Gasteiger partial charge in [-0.25, -0.2) is 0 Å². The van der Waals surface area contributed by atoms with E-state index in [0.717, 1.165) is 35.2 Å². The van der Waals surface area contributed by atoms with E-state index in [1.807, 2.05) is 54.7 Å². The third-order valence-electron chi connectivity index (χ3n) is 6.75. The van der Waals surface area contributed by atoms with Crippen LogP contribution in [0.4, 0.5) is 0 Å². The van der Waals surface area contributed by atoms with Crippen molar-refractivity contribution in [2.45, 2.75) is 51.9 Å². The Morgan fingerprint density at radius 1 is 0.971 bits per heavy atom. The molecule has 0 N–H and O–H groups in total. The number of halogens is 1. The van der Waals surface area contributed by atoms with Gasteiger partial charge in [0.2, 0.25) is 0 Å². The molecule has 1 saturated heterocycles. The van der Waals surface area contributed by atoms with Gasteiger partial charge in [0.1, 0.15) is 12.4 Å². The van der Waals surface area contributed by atoms with Crippen LogP contribution in [0.2, 0.25) is 0 Å². The van der Waals surface area contributed by atoms with E-state index in [1.54, 1.807) is 10.8 Å². The molecule has 2 aromatic heterocycles. The van der Waals surface area contributed by atoms with Crippen molar-refractivity contribution < 1.29 is 4.74 Å². The van der Waals surface area contributed by atoms with E-state index in [-0.39, 0.29) is 18.0 Å². The number of pyridine rings is 1. The SMILES string of the molecule is C[C@@H]1CC[C@@H](C)N1CCn1ncc2cc(-n3ccc(OCc4ccccc4)cc3=O)ccc21.Cl. The summed E-state index contributed by atoms with van der Waals surface area (Å²) in [4.78, 5) is 15.3. The monoisotopic (exact) mass is 478 g/mol. The second kappa shape index (κ2) is 10.5. The van der Waals surface area contributed by atoms with E-state index in [1.165, 1.54) is 18.9 Å². The highest BCUT2D eigenvalue weighted by atomic mass is 35.5. The van der Waals surface area contributed by atoms with Crippen LogP contribution in [0.5, 0.6) is 5.75 Å². The Balaban J connectivity index is 0.00000274. The normalized spacial score (nSPS) is 18.2. The Labute approximate surface area is 206 Å². The zero-order valence-electron chi connectivity index (χ0n) is 19.6. The molecule has 0 unspecified atom stereocenters. The van der Waals surface area contributed by atoms with E-state index in [0.29, 0.717) is 24.4 Å². The van der Waals surface area contributed by atoms with Gasteiger partial charge in [-0.15, -0.1) is 12.4 Å². The first kappa shape index (κ1) is 24.0. The molecule has 0 aliphatic carbocycles. The van der Waals surface area contributed by atoms with Crippen molar-refractivity contribution in [1.82, 2.24) is 19.2 Å². The highest BCUT2D eigenvalue weighted by Crippen LogP contribution is 2.24. The van der Waals surface area contributed by atoms with Gasteiger partial charge in [0.05, 0.1) is 18.3 Å². The van der Waals surface area contributed by atoms with Gasteiger partial charge in [0.25, 0.3) is 5.56 Å². The van der Waals surface area contributed by atoms with Gasteiger partial charge < -0.3 is 4.74 Å². The quantitative estimate of drug-likeness (QED) is 0.372. The van der Waals surface area contributed by atoms with E-state index < -0.39 is 0 Å². The van der Waals surface area contributed by atoms with Gasteiger partial charge in [0.15, 0.2) is 0 Å². The lowest BCUT2D eigenvalue weighted by atomic mass is 10.2. The molecule has 1 fully saturated rings. The highest BCUT2D eigenvalue weighted by Gasteiger charge is 2.26. The van der Waals surface area contributed by atoms with Crippen molar-refractivity contribution in [2.24, 2.45) is 0 Å². The summed E-state index contributed by atoms with van der Waals surface area (Å²) in [5.74, 6) is 0.569. The lowest BCUT2D eigenvalue weighted by molar-refractivity contribution is 0.204. The fourth-order valence-corrected chi connectivity index (χ4v) is 4.81. The van der Waals surface area contributed by atoms with E-state index in [4.69, 9.17) is 4.74 Å². The summed E-state index contributed by atoms with van der Waals surface area (Å²) < 4.78 is 9.50. The minimum atomic E-state index is -0.121. The van der Waals surface area contributed by atoms with Crippen LogP contribution in [-0.4, -0.2) is 37.9 Å². The summed E-state index contributed by atoms with van der Waals surface area (Å²) in [5, 5.41) is 5.65. The topological polar surface area (TPSA) is 52.3 Å². The molecule has 0 saturated carbocycles. The fraction of sp³-hybridized carbons (Fsp3) is 0.333. The number of aromatic nitrogens is 3. The molecule has 1 aliphatic rings. The van der Waals surface area contributed by atoms with Crippen LogP contribution in [0, 0.1) is 0 Å². The number of nitrogens with zero attached hydrogens (tertiary/aromatic N) is 4. The van der Waals surface area contributed by atoms with Crippen molar-refractivity contribution in [2.75, 3.05) is 6.54 Å². The molecule has 7 heteroatoms. The molecule has 5 rings (SSSR count). The van der Waals surface area contributed by atoms with Crippen molar-refractivity contribution in [3.63, 3.8) is 0 Å². The second-order valence-electron chi connectivity index (χ2n) is 8.97. The van der Waals surface area contributed by atoms with Crippen molar-refractivity contribution in [3.05, 3.63) is 89.0 Å². The average molecular weight is 479 g/mol. The number of benzene rings is 2. The van der Waals surface area contributed by atoms with Gasteiger partial charge in [-0.05, 0) is 56.5 Å². The standard InChI is InChI=1S/C27H30N4O2.ClH/c1-20-8-9-21(2)29(20)14-15-31-26-11-10-24(16-23(26)18-28-31)30-13-12-25(17-27(30)32)33-19-22-6-4-3-5-7-22;/h3-7,10-13,16-18,20-21H,8-9,14-15,19H2,1-2H3;1H/t20-,21-;/m1./s1. The Morgan fingerprint density at radius 3 is 2.47 bits per heavy atom. The first-order valence-corrected chi connectivity index (χ1v) is 11.7. The Morgan fingerprint density at radius 2 is 1.74 bits per heavy atom. The van der Waals surface area contributed by atoms with Crippen LogP contribution >= 0.6 is 12.4 Å². The summed E-state index contributed by atoms with van der Waals surface area (Å²) >= 11 is 0. The third kappa shape index (κ3) is 5.03. The Bertz CT molecular complexity index is 1290. The molecular formula is C27H31ClN4O2. The molecule has 0 bridgehead atoms. The van der Waals surface area contributed by atoms with Gasteiger partial charge >= 0.3 is 0 Å². The van der Waals surface area contributed by atoms with E-state index >= 15 is 0 Å². The van der Waals surface area contributed by atoms with Gasteiger partial charge in [0, 0.05) is 42.0 Å². The number of hydrogen-bond acceptors (Lipinski definition) is 4. The summed E-state index contributed by atoms with van der Waals surface area (Å²) in [6, 6.07) is 20.6. The number of likely N-dealkylation sites (tertiary alicyclic amines) is 1. The predicted octanol–water partition coefficient (Wildman–Crippen LogP) is 5.06. The number of ether oxygens (including phenoxy) is 1. The molecule has 0 radical (unpaired) electrons. The minimum Gasteiger partial charge on any atom is -0.489 e. The smallest absolute Gasteiger partial charge is 0.258 e. The largest absolute Gasteiger partial charge is 0.489 e. The Hall–Kier alpha value is -3.09. The first-order valence-electron chi connectivity index (χ1n) is 11.7. The molecule has 6 nitrogen and oxygen atoms in total. The van der Waals surface area contributed by atoms with Crippen molar-refractivity contribution in [1.29, 1.82) is 0 Å². The molecule has 0 spiro atoms. The fourth-order valence-electron chi connectivity index (χ4n) is 4.81. The maximum atomic E-state index is 12.8. The minimum absolute atomic E-state index is 0. The Kier molecular flexibility index (Phi) is 7.39. The molecule has 178 valence electrons. The van der Waals surface area contributed by atoms with Crippen molar-refractivity contribution in [3.8, 4) is 11.4 Å². The van der Waals surface area contributed by atoms with Gasteiger partial charge in [-0.1, -0.05) is 30.3 Å².